The van der Waals surface area contributed by atoms with E-state index < -0.39 is 0 Å². The standard InChI is InChI=1S/C20H25N3O3/c1-4-23-10-16(11-23)25-18-8-7-15(21-20(24)14-5-6-14)9-17(18)19-12(2)22-26-13(19)3/h7-9,14,16H,4-6,10-11H2,1-3H3,(H,21,24). The second-order valence-electron chi connectivity index (χ2n) is 7.27. The third-order valence-electron chi connectivity index (χ3n) is 5.16. The van der Waals surface area contributed by atoms with E-state index in [0.29, 0.717) is 0 Å². The van der Waals surface area contributed by atoms with Gasteiger partial charge < -0.3 is 14.6 Å². The summed E-state index contributed by atoms with van der Waals surface area (Å²) in [5.74, 6) is 1.83. The average molecular weight is 355 g/mol. The Labute approximate surface area is 153 Å². The summed E-state index contributed by atoms with van der Waals surface area (Å²) in [6.45, 7) is 8.91. The number of carbonyl (C=O) groups is 1. The van der Waals surface area contributed by atoms with Crippen LogP contribution in [0.2, 0.25) is 0 Å². The SMILES string of the molecule is CCN1CC(Oc2ccc(NC(=O)C3CC3)cc2-c2c(C)noc2C)C1. The number of anilines is 1. The van der Waals surface area contributed by atoms with E-state index in [-0.39, 0.29) is 17.9 Å². The number of amides is 1. The molecular weight excluding hydrogens is 330 g/mol. The van der Waals surface area contributed by atoms with Crippen molar-refractivity contribution in [3.05, 3.63) is 29.7 Å². The van der Waals surface area contributed by atoms with Crippen LogP contribution in [0.3, 0.4) is 0 Å². The van der Waals surface area contributed by atoms with Crippen LogP contribution in [0.15, 0.2) is 22.7 Å². The molecular formula is C20H25N3O3. The Morgan fingerprint density at radius 2 is 2.12 bits per heavy atom. The first-order valence-electron chi connectivity index (χ1n) is 9.32. The molecule has 2 aromatic rings. The van der Waals surface area contributed by atoms with Crippen LogP contribution in [0.4, 0.5) is 5.69 Å². The number of likely N-dealkylation sites (tertiary alicyclic amines) is 1. The Bertz CT molecular complexity index is 800. The summed E-state index contributed by atoms with van der Waals surface area (Å²) in [7, 11) is 0. The molecule has 1 aliphatic heterocycles. The van der Waals surface area contributed by atoms with E-state index in [9.17, 15) is 4.79 Å². The van der Waals surface area contributed by atoms with Gasteiger partial charge in [-0.25, -0.2) is 0 Å². The highest BCUT2D eigenvalue weighted by atomic mass is 16.5. The number of carbonyl (C=O) groups excluding carboxylic acids is 1. The van der Waals surface area contributed by atoms with Crippen LogP contribution in [0.25, 0.3) is 11.1 Å². The van der Waals surface area contributed by atoms with Crippen molar-refractivity contribution in [2.24, 2.45) is 5.92 Å². The monoisotopic (exact) mass is 355 g/mol. The molecule has 0 unspecified atom stereocenters. The second-order valence-corrected chi connectivity index (χ2v) is 7.27. The van der Waals surface area contributed by atoms with Crippen molar-refractivity contribution < 1.29 is 14.1 Å². The fraction of sp³-hybridized carbons (Fsp3) is 0.500. The van der Waals surface area contributed by atoms with Crippen molar-refractivity contribution in [1.82, 2.24) is 10.1 Å². The van der Waals surface area contributed by atoms with Gasteiger partial charge in [-0.2, -0.15) is 0 Å². The number of aryl methyl sites for hydroxylation is 2. The molecule has 1 aromatic carbocycles. The largest absolute Gasteiger partial charge is 0.487 e. The fourth-order valence-electron chi connectivity index (χ4n) is 3.40. The summed E-state index contributed by atoms with van der Waals surface area (Å²) in [5, 5.41) is 7.09. The number of benzene rings is 1. The van der Waals surface area contributed by atoms with E-state index in [1.807, 2.05) is 32.0 Å². The molecule has 6 nitrogen and oxygen atoms in total. The first-order chi connectivity index (χ1) is 12.5. The molecule has 1 aliphatic carbocycles. The molecule has 1 saturated heterocycles. The number of likely N-dealkylation sites (N-methyl/N-ethyl adjacent to an activating group) is 1. The molecule has 6 heteroatoms. The number of nitrogens with zero attached hydrogens (tertiary/aromatic N) is 2. The third-order valence-corrected chi connectivity index (χ3v) is 5.16. The van der Waals surface area contributed by atoms with Crippen molar-refractivity contribution in [3.63, 3.8) is 0 Å². The Morgan fingerprint density at radius 1 is 1.35 bits per heavy atom. The molecule has 1 N–H and O–H groups in total. The highest BCUT2D eigenvalue weighted by Gasteiger charge is 2.31. The van der Waals surface area contributed by atoms with Crippen LogP contribution >= 0.6 is 0 Å². The van der Waals surface area contributed by atoms with Gasteiger partial charge in [0.05, 0.1) is 11.3 Å². The van der Waals surface area contributed by atoms with Crippen molar-refractivity contribution in [3.8, 4) is 16.9 Å². The van der Waals surface area contributed by atoms with Gasteiger partial charge in [-0.15, -0.1) is 0 Å². The summed E-state index contributed by atoms with van der Waals surface area (Å²) in [4.78, 5) is 14.5. The zero-order valence-electron chi connectivity index (χ0n) is 15.5. The Kier molecular flexibility index (Phi) is 4.44. The summed E-state index contributed by atoms with van der Waals surface area (Å²) < 4.78 is 11.6. The normalized spacial score (nSPS) is 17.8. The van der Waals surface area contributed by atoms with Gasteiger partial charge in [-0.3, -0.25) is 9.69 Å². The van der Waals surface area contributed by atoms with E-state index in [1.54, 1.807) is 0 Å². The molecule has 26 heavy (non-hydrogen) atoms. The second kappa shape index (κ2) is 6.76. The van der Waals surface area contributed by atoms with Gasteiger partial charge in [0, 0.05) is 30.3 Å². The molecule has 1 amide bonds. The molecule has 138 valence electrons. The Balaban J connectivity index is 1.63. The zero-order chi connectivity index (χ0) is 18.3. The molecule has 1 aromatic heterocycles. The molecule has 0 bridgehead atoms. The first kappa shape index (κ1) is 17.1. The lowest BCUT2D eigenvalue weighted by molar-refractivity contribution is -0.117. The maximum Gasteiger partial charge on any atom is 0.227 e. The van der Waals surface area contributed by atoms with Gasteiger partial charge in [0.25, 0.3) is 0 Å². The molecule has 0 spiro atoms. The minimum absolute atomic E-state index is 0.0981. The van der Waals surface area contributed by atoms with Gasteiger partial charge in [0.15, 0.2) is 0 Å². The van der Waals surface area contributed by atoms with Crippen LogP contribution in [-0.4, -0.2) is 41.7 Å². The van der Waals surface area contributed by atoms with E-state index >= 15 is 0 Å². The van der Waals surface area contributed by atoms with E-state index in [2.05, 4.69) is 22.3 Å². The van der Waals surface area contributed by atoms with E-state index in [1.165, 1.54) is 0 Å². The average Bonchev–Trinajstić information content (AvgIpc) is 3.38. The molecule has 0 atom stereocenters. The van der Waals surface area contributed by atoms with Crippen LogP contribution in [0, 0.1) is 19.8 Å². The van der Waals surface area contributed by atoms with Gasteiger partial charge in [0.2, 0.25) is 5.91 Å². The maximum absolute atomic E-state index is 12.1. The highest BCUT2D eigenvalue weighted by Crippen LogP contribution is 2.38. The lowest BCUT2D eigenvalue weighted by Gasteiger charge is -2.38. The van der Waals surface area contributed by atoms with Gasteiger partial charge in [-0.05, 0) is 51.4 Å². The molecule has 2 heterocycles. The molecule has 2 aliphatic rings. The van der Waals surface area contributed by atoms with Gasteiger partial charge in [0.1, 0.15) is 17.6 Å². The number of nitrogens with one attached hydrogen (secondary N) is 1. The lowest BCUT2D eigenvalue weighted by Crippen LogP contribution is -2.53. The van der Waals surface area contributed by atoms with Crippen molar-refractivity contribution in [1.29, 1.82) is 0 Å². The number of hydrogen-bond donors (Lipinski definition) is 1. The lowest BCUT2D eigenvalue weighted by atomic mass is 10.0. The molecule has 0 radical (unpaired) electrons. The van der Waals surface area contributed by atoms with Crippen LogP contribution in [0.5, 0.6) is 5.75 Å². The summed E-state index contributed by atoms with van der Waals surface area (Å²) in [6, 6.07) is 5.82. The highest BCUT2D eigenvalue weighted by molar-refractivity contribution is 5.95. The Morgan fingerprint density at radius 3 is 2.73 bits per heavy atom. The number of aromatic nitrogens is 1. The van der Waals surface area contributed by atoms with Gasteiger partial charge >= 0.3 is 0 Å². The predicted octanol–water partition coefficient (Wildman–Crippen LogP) is 3.39. The third kappa shape index (κ3) is 3.33. The summed E-state index contributed by atoms with van der Waals surface area (Å²) in [6.07, 6.45) is 2.17. The smallest absolute Gasteiger partial charge is 0.227 e. The van der Waals surface area contributed by atoms with Crippen molar-refractivity contribution >= 4 is 11.6 Å². The van der Waals surface area contributed by atoms with Crippen LogP contribution in [0.1, 0.15) is 31.2 Å². The number of hydrogen-bond acceptors (Lipinski definition) is 5. The first-order valence-corrected chi connectivity index (χ1v) is 9.32. The summed E-state index contributed by atoms with van der Waals surface area (Å²) in [5.41, 5.74) is 3.47. The molecule has 4 rings (SSSR count). The van der Waals surface area contributed by atoms with Crippen LogP contribution in [-0.2, 0) is 4.79 Å². The topological polar surface area (TPSA) is 67.6 Å². The fourth-order valence-corrected chi connectivity index (χ4v) is 3.40. The van der Waals surface area contributed by atoms with Crippen molar-refractivity contribution in [2.45, 2.75) is 39.7 Å². The summed E-state index contributed by atoms with van der Waals surface area (Å²) >= 11 is 0. The van der Waals surface area contributed by atoms with E-state index in [0.717, 1.165) is 66.5 Å². The van der Waals surface area contributed by atoms with Crippen molar-refractivity contribution in [2.75, 3.05) is 25.0 Å². The molecule has 2 fully saturated rings. The predicted molar refractivity (Wildman–Crippen MR) is 99.3 cm³/mol. The zero-order valence-corrected chi connectivity index (χ0v) is 15.5. The van der Waals surface area contributed by atoms with Crippen LogP contribution < -0.4 is 10.1 Å². The minimum Gasteiger partial charge on any atom is -0.487 e. The maximum atomic E-state index is 12.1. The number of ether oxygens (including phenoxy) is 1. The van der Waals surface area contributed by atoms with Gasteiger partial charge in [-0.1, -0.05) is 12.1 Å². The number of rotatable bonds is 6. The minimum atomic E-state index is 0.0981. The van der Waals surface area contributed by atoms with E-state index in [4.69, 9.17) is 9.26 Å². The Hall–Kier alpha value is -2.34. The quantitative estimate of drug-likeness (QED) is 0.860. The molecule has 1 saturated carbocycles.